The van der Waals surface area contributed by atoms with Crippen LogP contribution < -0.4 is 5.14 Å². The molecule has 3 N–H and O–H groups in total. The zero-order valence-electron chi connectivity index (χ0n) is 10.1. The predicted molar refractivity (Wildman–Crippen MR) is 73.3 cm³/mol. The van der Waals surface area contributed by atoms with Gasteiger partial charge in [0.1, 0.15) is 16.8 Å². The zero-order valence-corrected chi connectivity index (χ0v) is 11.7. The molecule has 20 heavy (non-hydrogen) atoms. The largest absolute Gasteiger partial charge is 0.384 e. The molecular weight excluding hydrogens is 305 g/mol. The van der Waals surface area contributed by atoms with E-state index in [1.54, 1.807) is 0 Å². The number of benzene rings is 2. The van der Waals surface area contributed by atoms with Gasteiger partial charge in [-0.05, 0) is 35.4 Å². The molecule has 4 nitrogen and oxygen atoms in total. The summed E-state index contributed by atoms with van der Waals surface area (Å²) in [6, 6.07) is 9.24. The summed E-state index contributed by atoms with van der Waals surface area (Å²) >= 11 is 5.76. The minimum absolute atomic E-state index is 0.0254. The van der Waals surface area contributed by atoms with Crippen LogP contribution in [0.5, 0.6) is 0 Å². The van der Waals surface area contributed by atoms with Gasteiger partial charge < -0.3 is 5.11 Å². The molecule has 7 heteroatoms. The molecule has 0 aliphatic heterocycles. The molecule has 0 saturated heterocycles. The number of hydrogen-bond donors (Lipinski definition) is 2. The van der Waals surface area contributed by atoms with E-state index >= 15 is 0 Å². The quantitative estimate of drug-likeness (QED) is 0.911. The Morgan fingerprint density at radius 1 is 1.10 bits per heavy atom. The molecule has 2 rings (SSSR count). The summed E-state index contributed by atoms with van der Waals surface area (Å²) in [5.74, 6) is -0.428. The highest BCUT2D eigenvalue weighted by Gasteiger charge is 2.17. The van der Waals surface area contributed by atoms with Crippen LogP contribution in [0.1, 0.15) is 17.2 Å². The van der Waals surface area contributed by atoms with Crippen molar-refractivity contribution < 1.29 is 17.9 Å². The highest BCUT2D eigenvalue weighted by atomic mass is 35.5. The van der Waals surface area contributed by atoms with Crippen LogP contribution in [-0.2, 0) is 10.0 Å². The first-order valence-corrected chi connectivity index (χ1v) is 7.47. The lowest BCUT2D eigenvalue weighted by atomic mass is 10.0. The Kier molecular flexibility index (Phi) is 4.10. The second-order valence-corrected chi connectivity index (χ2v) is 6.13. The number of sulfonamides is 1. The van der Waals surface area contributed by atoms with Crippen molar-refractivity contribution in [2.24, 2.45) is 5.14 Å². The van der Waals surface area contributed by atoms with Crippen molar-refractivity contribution in [1.29, 1.82) is 0 Å². The van der Waals surface area contributed by atoms with E-state index in [0.29, 0.717) is 11.1 Å². The summed E-state index contributed by atoms with van der Waals surface area (Å²) in [5.41, 5.74) is 0.721. The summed E-state index contributed by atoms with van der Waals surface area (Å²) in [5, 5.41) is 15.2. The molecule has 0 spiro atoms. The van der Waals surface area contributed by atoms with E-state index in [2.05, 4.69) is 0 Å². The number of halogens is 2. The average Bonchev–Trinajstić information content (AvgIpc) is 2.38. The summed E-state index contributed by atoms with van der Waals surface area (Å²) in [6.07, 6.45) is -1.10. The molecule has 0 bridgehead atoms. The summed E-state index contributed by atoms with van der Waals surface area (Å²) < 4.78 is 35.6. The van der Waals surface area contributed by atoms with Crippen LogP contribution in [0.3, 0.4) is 0 Å². The van der Waals surface area contributed by atoms with E-state index < -0.39 is 21.9 Å². The van der Waals surface area contributed by atoms with Gasteiger partial charge in [0.15, 0.2) is 0 Å². The summed E-state index contributed by atoms with van der Waals surface area (Å²) in [4.78, 5) is -0.266. The van der Waals surface area contributed by atoms with Crippen molar-refractivity contribution in [1.82, 2.24) is 0 Å². The summed E-state index contributed by atoms with van der Waals surface area (Å²) in [6.45, 7) is 0. The van der Waals surface area contributed by atoms with Gasteiger partial charge >= 0.3 is 0 Å². The molecule has 0 aliphatic rings. The Bertz CT molecular complexity index is 732. The maximum absolute atomic E-state index is 12.8. The van der Waals surface area contributed by atoms with Gasteiger partial charge in [0.05, 0.1) is 5.02 Å². The maximum Gasteiger partial charge on any atom is 0.239 e. The van der Waals surface area contributed by atoms with Gasteiger partial charge in [-0.1, -0.05) is 29.8 Å². The fraction of sp³-hybridized carbons (Fsp3) is 0.0769. The van der Waals surface area contributed by atoms with Gasteiger partial charge in [0, 0.05) is 0 Å². The highest BCUT2D eigenvalue weighted by Crippen LogP contribution is 2.28. The highest BCUT2D eigenvalue weighted by molar-refractivity contribution is 7.89. The molecule has 0 radical (unpaired) electrons. The van der Waals surface area contributed by atoms with Crippen LogP contribution in [0.4, 0.5) is 4.39 Å². The number of aliphatic hydroxyl groups is 1. The fourth-order valence-electron chi connectivity index (χ4n) is 1.75. The topological polar surface area (TPSA) is 80.4 Å². The third kappa shape index (κ3) is 3.16. The first-order chi connectivity index (χ1) is 9.29. The van der Waals surface area contributed by atoms with Crippen LogP contribution in [0.15, 0.2) is 47.4 Å². The first kappa shape index (κ1) is 14.9. The lowest BCUT2D eigenvalue weighted by Gasteiger charge is -2.13. The molecule has 0 amide bonds. The Balaban J connectivity index is 2.45. The molecule has 106 valence electrons. The van der Waals surface area contributed by atoms with Crippen molar-refractivity contribution >= 4 is 21.6 Å². The fourth-order valence-corrected chi connectivity index (χ4v) is 2.83. The van der Waals surface area contributed by atoms with Crippen molar-refractivity contribution in [3.8, 4) is 0 Å². The number of primary sulfonamides is 1. The van der Waals surface area contributed by atoms with Gasteiger partial charge in [0.25, 0.3) is 0 Å². The standard InChI is InChI=1S/C13H11ClFNO3S/c14-11-6-3-9(7-12(11)20(16,18)19)13(17)8-1-4-10(15)5-2-8/h1-7,13,17H,(H2,16,18,19). The molecule has 0 heterocycles. The molecule has 2 aromatic carbocycles. The Hall–Kier alpha value is -1.47. The van der Waals surface area contributed by atoms with Crippen molar-refractivity contribution in [3.63, 3.8) is 0 Å². The Morgan fingerprint density at radius 2 is 1.65 bits per heavy atom. The van der Waals surface area contributed by atoms with E-state index in [4.69, 9.17) is 16.7 Å². The lowest BCUT2D eigenvalue weighted by Crippen LogP contribution is -2.13. The summed E-state index contributed by atoms with van der Waals surface area (Å²) in [7, 11) is -3.98. The number of aliphatic hydroxyl groups excluding tert-OH is 1. The number of rotatable bonds is 3. The first-order valence-electron chi connectivity index (χ1n) is 5.55. The predicted octanol–water partition coefficient (Wildman–Crippen LogP) is 2.21. The van der Waals surface area contributed by atoms with Crippen molar-refractivity contribution in [2.75, 3.05) is 0 Å². The van der Waals surface area contributed by atoms with E-state index in [0.717, 1.165) is 0 Å². The van der Waals surface area contributed by atoms with Crippen molar-refractivity contribution in [3.05, 3.63) is 64.4 Å². The third-order valence-corrected chi connectivity index (χ3v) is 4.16. The average molecular weight is 316 g/mol. The van der Waals surface area contributed by atoms with Crippen LogP contribution in [0.2, 0.25) is 5.02 Å². The number of nitrogens with two attached hydrogens (primary N) is 1. The molecule has 0 aliphatic carbocycles. The van der Waals surface area contributed by atoms with Gasteiger partial charge in [0.2, 0.25) is 10.0 Å². The molecule has 0 aromatic heterocycles. The van der Waals surface area contributed by atoms with Crippen LogP contribution in [-0.4, -0.2) is 13.5 Å². The minimum Gasteiger partial charge on any atom is -0.384 e. The monoisotopic (exact) mass is 315 g/mol. The van der Waals surface area contributed by atoms with Crippen molar-refractivity contribution in [2.45, 2.75) is 11.0 Å². The molecule has 0 fully saturated rings. The Morgan fingerprint density at radius 3 is 2.20 bits per heavy atom. The van der Waals surface area contributed by atoms with E-state index in [9.17, 15) is 17.9 Å². The lowest BCUT2D eigenvalue weighted by molar-refractivity contribution is 0.220. The van der Waals surface area contributed by atoms with Crippen LogP contribution in [0.25, 0.3) is 0 Å². The third-order valence-electron chi connectivity index (χ3n) is 2.76. The zero-order chi connectivity index (χ0) is 14.9. The normalized spacial score (nSPS) is 13.2. The van der Waals surface area contributed by atoms with Gasteiger partial charge in [-0.2, -0.15) is 0 Å². The maximum atomic E-state index is 12.8. The smallest absolute Gasteiger partial charge is 0.239 e. The second kappa shape index (κ2) is 5.49. The van der Waals surface area contributed by atoms with E-state index in [1.807, 2.05) is 0 Å². The van der Waals surface area contributed by atoms with E-state index in [1.165, 1.54) is 42.5 Å². The van der Waals surface area contributed by atoms with Crippen LogP contribution >= 0.6 is 11.6 Å². The molecular formula is C13H11ClFNO3S. The van der Waals surface area contributed by atoms with Crippen LogP contribution in [0, 0.1) is 5.82 Å². The molecule has 0 saturated carbocycles. The van der Waals surface area contributed by atoms with Gasteiger partial charge in [-0.15, -0.1) is 0 Å². The van der Waals surface area contributed by atoms with E-state index in [-0.39, 0.29) is 9.92 Å². The molecule has 1 unspecified atom stereocenters. The SMILES string of the molecule is NS(=O)(=O)c1cc(C(O)c2ccc(F)cc2)ccc1Cl. The van der Waals surface area contributed by atoms with Gasteiger partial charge in [-0.25, -0.2) is 17.9 Å². The molecule has 1 atom stereocenters. The number of hydrogen-bond acceptors (Lipinski definition) is 3. The Labute approximate surface area is 120 Å². The van der Waals surface area contributed by atoms with Gasteiger partial charge in [-0.3, -0.25) is 0 Å². The molecule has 2 aromatic rings. The second-order valence-electron chi connectivity index (χ2n) is 4.19. The minimum atomic E-state index is -3.98.